The van der Waals surface area contributed by atoms with E-state index in [-0.39, 0.29) is 0 Å². The summed E-state index contributed by atoms with van der Waals surface area (Å²) in [5, 5.41) is 4.27. The molecular formula is C13H16N2O4S. The lowest BCUT2D eigenvalue weighted by Crippen LogP contribution is -2.43. The van der Waals surface area contributed by atoms with Gasteiger partial charge in [-0.25, -0.2) is 9.59 Å². The second-order valence-electron chi connectivity index (χ2n) is 3.84. The molecule has 0 aliphatic heterocycles. The number of urea groups is 1. The molecule has 1 atom stereocenters. The number of hydrogen-bond donors (Lipinski definition) is 2. The van der Waals surface area contributed by atoms with Crippen LogP contribution < -0.4 is 10.6 Å². The number of imide groups is 1. The Morgan fingerprint density at radius 2 is 1.80 bits per heavy atom. The minimum Gasteiger partial charge on any atom is -0.449 e. The number of hydrogen-bond acceptors (Lipinski definition) is 5. The van der Waals surface area contributed by atoms with Crippen molar-refractivity contribution in [2.24, 2.45) is 0 Å². The van der Waals surface area contributed by atoms with Crippen molar-refractivity contribution in [3.63, 3.8) is 0 Å². The predicted molar refractivity (Wildman–Crippen MR) is 75.7 cm³/mol. The molecule has 2 N–H and O–H groups in total. The van der Waals surface area contributed by atoms with E-state index in [1.54, 1.807) is 36.0 Å². The number of carbonyl (C=O) groups excluding carboxylic acids is 3. The lowest BCUT2D eigenvalue weighted by molar-refractivity contribution is -0.127. The second kappa shape index (κ2) is 7.54. The second-order valence-corrected chi connectivity index (χ2v) is 4.72. The fourth-order valence-corrected chi connectivity index (χ4v) is 1.69. The number of carbonyl (C=O) groups is 3. The van der Waals surface area contributed by atoms with Crippen molar-refractivity contribution in [1.29, 1.82) is 0 Å². The molecule has 0 radical (unpaired) electrons. The van der Waals surface area contributed by atoms with Crippen molar-refractivity contribution in [3.8, 4) is 0 Å². The van der Waals surface area contributed by atoms with Gasteiger partial charge in [0.15, 0.2) is 6.10 Å². The van der Waals surface area contributed by atoms with E-state index in [9.17, 15) is 14.4 Å². The molecule has 1 aromatic carbocycles. The molecule has 108 valence electrons. The maximum Gasteiger partial charge on any atom is 0.338 e. The number of nitrogens with one attached hydrogen (secondary N) is 2. The highest BCUT2D eigenvalue weighted by Crippen LogP contribution is 2.15. The molecule has 0 fully saturated rings. The molecule has 20 heavy (non-hydrogen) atoms. The molecule has 0 aliphatic rings. The molecule has 3 amide bonds. The Morgan fingerprint density at radius 1 is 1.20 bits per heavy atom. The Kier molecular flexibility index (Phi) is 6.05. The third kappa shape index (κ3) is 4.58. The van der Waals surface area contributed by atoms with Crippen LogP contribution in [-0.2, 0) is 9.53 Å². The van der Waals surface area contributed by atoms with Crippen molar-refractivity contribution in [3.05, 3.63) is 29.8 Å². The van der Waals surface area contributed by atoms with E-state index in [0.717, 1.165) is 4.90 Å². The molecule has 0 saturated carbocycles. The maximum atomic E-state index is 11.8. The Labute approximate surface area is 121 Å². The first-order chi connectivity index (χ1) is 9.47. The number of benzene rings is 1. The van der Waals surface area contributed by atoms with E-state index in [1.807, 2.05) is 11.6 Å². The molecule has 0 bridgehead atoms. The number of ether oxygens (including phenoxy) is 1. The van der Waals surface area contributed by atoms with Gasteiger partial charge in [0.25, 0.3) is 5.91 Å². The molecule has 0 spiro atoms. The SMILES string of the molecule is CNC(=O)NC(=O)[C@@H](C)OC(=O)c1ccc(SC)cc1. The standard InChI is InChI=1S/C13H16N2O4S/c1-8(11(16)15-13(18)14-2)19-12(17)9-4-6-10(20-3)7-5-9/h4-8H,1-3H3,(H2,14,15,16,18)/t8-/m1/s1. The highest BCUT2D eigenvalue weighted by atomic mass is 32.2. The summed E-state index contributed by atoms with van der Waals surface area (Å²) in [5.74, 6) is -1.30. The quantitative estimate of drug-likeness (QED) is 0.648. The van der Waals surface area contributed by atoms with Gasteiger partial charge in [-0.1, -0.05) is 0 Å². The molecule has 1 aromatic rings. The minimum atomic E-state index is -1.06. The largest absolute Gasteiger partial charge is 0.449 e. The van der Waals surface area contributed by atoms with Crippen LogP contribution in [0.25, 0.3) is 0 Å². The van der Waals surface area contributed by atoms with Gasteiger partial charge < -0.3 is 10.1 Å². The summed E-state index contributed by atoms with van der Waals surface area (Å²) >= 11 is 1.56. The van der Waals surface area contributed by atoms with E-state index in [2.05, 4.69) is 5.32 Å². The monoisotopic (exact) mass is 296 g/mol. The van der Waals surface area contributed by atoms with Crippen molar-refractivity contribution in [1.82, 2.24) is 10.6 Å². The van der Waals surface area contributed by atoms with E-state index in [0.29, 0.717) is 5.56 Å². The van der Waals surface area contributed by atoms with Gasteiger partial charge in [-0.05, 0) is 37.4 Å². The molecule has 0 unspecified atom stereocenters. The summed E-state index contributed by atoms with van der Waals surface area (Å²) in [6.07, 6.45) is 0.874. The van der Waals surface area contributed by atoms with Gasteiger partial charge in [0.2, 0.25) is 0 Å². The summed E-state index contributed by atoms with van der Waals surface area (Å²) in [4.78, 5) is 35.3. The summed E-state index contributed by atoms with van der Waals surface area (Å²) in [5.41, 5.74) is 0.349. The van der Waals surface area contributed by atoms with E-state index < -0.39 is 24.0 Å². The minimum absolute atomic E-state index is 0.349. The Morgan fingerprint density at radius 3 is 2.30 bits per heavy atom. The number of amides is 3. The molecular weight excluding hydrogens is 280 g/mol. The van der Waals surface area contributed by atoms with E-state index >= 15 is 0 Å². The third-order valence-electron chi connectivity index (χ3n) is 2.44. The molecule has 7 heteroatoms. The van der Waals surface area contributed by atoms with Gasteiger partial charge in [0, 0.05) is 11.9 Å². The van der Waals surface area contributed by atoms with Crippen LogP contribution in [0.4, 0.5) is 4.79 Å². The highest BCUT2D eigenvalue weighted by Gasteiger charge is 2.20. The summed E-state index contributed by atoms with van der Waals surface area (Å²) in [6.45, 7) is 1.40. The van der Waals surface area contributed by atoms with Crippen LogP contribution in [0.5, 0.6) is 0 Å². The average Bonchev–Trinajstić information content (AvgIpc) is 2.46. The van der Waals surface area contributed by atoms with Crippen molar-refractivity contribution < 1.29 is 19.1 Å². The van der Waals surface area contributed by atoms with Gasteiger partial charge in [-0.2, -0.15) is 0 Å². The smallest absolute Gasteiger partial charge is 0.338 e. The fourth-order valence-electron chi connectivity index (χ4n) is 1.29. The van der Waals surface area contributed by atoms with Crippen molar-refractivity contribution in [2.45, 2.75) is 17.9 Å². The van der Waals surface area contributed by atoms with Crippen LogP contribution in [0.2, 0.25) is 0 Å². The molecule has 6 nitrogen and oxygen atoms in total. The lowest BCUT2D eigenvalue weighted by atomic mass is 10.2. The zero-order chi connectivity index (χ0) is 15.1. The first kappa shape index (κ1) is 16.0. The topological polar surface area (TPSA) is 84.5 Å². The van der Waals surface area contributed by atoms with E-state index in [1.165, 1.54) is 14.0 Å². The Hall–Kier alpha value is -2.02. The van der Waals surface area contributed by atoms with Crippen LogP contribution >= 0.6 is 11.8 Å². The Balaban J connectivity index is 2.60. The Bertz CT molecular complexity index is 502. The van der Waals surface area contributed by atoms with Gasteiger partial charge in [0.1, 0.15) is 0 Å². The van der Waals surface area contributed by atoms with Crippen molar-refractivity contribution in [2.75, 3.05) is 13.3 Å². The van der Waals surface area contributed by atoms with E-state index in [4.69, 9.17) is 4.74 Å². The fraction of sp³-hybridized carbons (Fsp3) is 0.308. The number of esters is 1. The van der Waals surface area contributed by atoms with Crippen LogP contribution in [-0.4, -0.2) is 37.3 Å². The lowest BCUT2D eigenvalue weighted by Gasteiger charge is -2.12. The molecule has 0 saturated heterocycles. The molecule has 0 aromatic heterocycles. The average molecular weight is 296 g/mol. The zero-order valence-corrected chi connectivity index (χ0v) is 12.2. The highest BCUT2D eigenvalue weighted by molar-refractivity contribution is 7.98. The zero-order valence-electron chi connectivity index (χ0n) is 11.4. The van der Waals surface area contributed by atoms with Crippen LogP contribution in [0.1, 0.15) is 17.3 Å². The molecule has 1 rings (SSSR count). The summed E-state index contributed by atoms with van der Waals surface area (Å²) in [6, 6.07) is 6.17. The predicted octanol–water partition coefficient (Wildman–Crippen LogP) is 1.41. The van der Waals surface area contributed by atoms with Gasteiger partial charge in [-0.3, -0.25) is 10.1 Å². The molecule has 0 aliphatic carbocycles. The first-order valence-electron chi connectivity index (χ1n) is 5.85. The number of rotatable bonds is 4. The van der Waals surface area contributed by atoms with Gasteiger partial charge >= 0.3 is 12.0 Å². The first-order valence-corrected chi connectivity index (χ1v) is 7.08. The normalized spacial score (nSPS) is 11.3. The molecule has 0 heterocycles. The van der Waals surface area contributed by atoms with Crippen LogP contribution in [0.3, 0.4) is 0 Å². The third-order valence-corrected chi connectivity index (χ3v) is 3.19. The summed E-state index contributed by atoms with van der Waals surface area (Å²) in [7, 11) is 1.38. The van der Waals surface area contributed by atoms with Crippen LogP contribution in [0, 0.1) is 0 Å². The maximum absolute atomic E-state index is 11.8. The van der Waals surface area contributed by atoms with Crippen LogP contribution in [0.15, 0.2) is 29.2 Å². The van der Waals surface area contributed by atoms with Gasteiger partial charge in [-0.15, -0.1) is 11.8 Å². The summed E-state index contributed by atoms with van der Waals surface area (Å²) < 4.78 is 4.98. The van der Waals surface area contributed by atoms with Crippen molar-refractivity contribution >= 4 is 29.7 Å². The number of thioether (sulfide) groups is 1. The van der Waals surface area contributed by atoms with Gasteiger partial charge in [0.05, 0.1) is 5.56 Å².